The minimum absolute atomic E-state index is 0.00657. The van der Waals surface area contributed by atoms with E-state index in [-0.39, 0.29) is 5.56 Å². The second kappa shape index (κ2) is 18.2. The second-order valence-corrected chi connectivity index (χ2v) is 20.9. The first kappa shape index (κ1) is 48.0. The molecule has 10 aromatic carbocycles. The van der Waals surface area contributed by atoms with Crippen molar-refractivity contribution in [3.63, 3.8) is 0 Å². The van der Waals surface area contributed by atoms with Crippen molar-refractivity contribution in [1.29, 1.82) is 5.26 Å². The summed E-state index contributed by atoms with van der Waals surface area (Å²) in [5.74, 6) is 0. The van der Waals surface area contributed by atoms with Crippen LogP contribution in [0.1, 0.15) is 55.6 Å². The minimum atomic E-state index is -4.72. The van der Waals surface area contributed by atoms with Crippen molar-refractivity contribution in [2.24, 2.45) is 0 Å². The fourth-order valence-electron chi connectivity index (χ4n) is 12.0. The van der Waals surface area contributed by atoms with Gasteiger partial charge in [0.2, 0.25) is 0 Å². The van der Waals surface area contributed by atoms with Gasteiger partial charge in [-0.3, -0.25) is 0 Å². The van der Waals surface area contributed by atoms with Gasteiger partial charge in [-0.2, -0.15) is 18.4 Å². The van der Waals surface area contributed by atoms with Crippen LogP contribution in [0, 0.1) is 66.7 Å². The molecule has 12 rings (SSSR count). The molecule has 0 aliphatic heterocycles. The molecule has 12 aromatic rings. The van der Waals surface area contributed by atoms with Crippen LogP contribution in [0.3, 0.4) is 0 Å². The van der Waals surface area contributed by atoms with Crippen LogP contribution in [-0.2, 0) is 6.18 Å². The fourth-order valence-corrected chi connectivity index (χ4v) is 12.0. The number of halogens is 3. The van der Waals surface area contributed by atoms with E-state index in [9.17, 15) is 5.26 Å². The number of nitriles is 1. The topological polar surface area (TPSA) is 33.6 Å². The van der Waals surface area contributed by atoms with Gasteiger partial charge in [0.05, 0.1) is 50.6 Å². The van der Waals surface area contributed by atoms with Crippen molar-refractivity contribution in [2.45, 2.75) is 61.6 Å². The zero-order valence-corrected chi connectivity index (χ0v) is 43.8. The van der Waals surface area contributed by atoms with E-state index in [0.29, 0.717) is 22.5 Å². The Kier molecular flexibility index (Phi) is 11.5. The average Bonchev–Trinajstić information content (AvgIpc) is 4.04. The molecule has 0 unspecified atom stereocenters. The fraction of sp³-hybridized carbons (Fsp3) is 0.129. The normalized spacial score (nSPS) is 11.9. The van der Waals surface area contributed by atoms with Crippen LogP contribution < -0.4 is 0 Å². The van der Waals surface area contributed by atoms with Crippen molar-refractivity contribution in [2.75, 3.05) is 0 Å². The molecular formula is C70H54F3N3. The number of nitrogens with zero attached hydrogens (tertiary/aromatic N) is 3. The van der Waals surface area contributed by atoms with Gasteiger partial charge in [0.25, 0.3) is 0 Å². The van der Waals surface area contributed by atoms with E-state index in [0.717, 1.165) is 116 Å². The maximum Gasteiger partial charge on any atom is 0.417 e. The molecule has 2 aromatic heterocycles. The van der Waals surface area contributed by atoms with Crippen molar-refractivity contribution in [1.82, 2.24) is 9.13 Å². The lowest BCUT2D eigenvalue weighted by Gasteiger charge is -2.23. The molecule has 0 aliphatic carbocycles. The number of rotatable bonds is 7. The van der Waals surface area contributed by atoms with Gasteiger partial charge in [-0.15, -0.1) is 0 Å². The predicted octanol–water partition coefficient (Wildman–Crippen LogP) is 19.6. The number of fused-ring (bicyclic) bond motifs is 6. The number of benzene rings is 10. The summed E-state index contributed by atoms with van der Waals surface area (Å²) in [6, 6.07) is 63.3. The first-order valence-electron chi connectivity index (χ1n) is 25.8. The first-order valence-corrected chi connectivity index (χ1v) is 25.8. The van der Waals surface area contributed by atoms with Crippen molar-refractivity contribution >= 4 is 43.6 Å². The summed E-state index contributed by atoms with van der Waals surface area (Å²) in [5.41, 5.74) is 21.7. The Morgan fingerprint density at radius 1 is 0.355 bits per heavy atom. The highest BCUT2D eigenvalue weighted by Gasteiger charge is 2.36. The molecule has 0 amide bonds. The van der Waals surface area contributed by atoms with Gasteiger partial charge in [-0.1, -0.05) is 138 Å². The smallest absolute Gasteiger partial charge is 0.308 e. The molecule has 370 valence electrons. The van der Waals surface area contributed by atoms with Gasteiger partial charge >= 0.3 is 6.18 Å². The number of alkyl halides is 3. The van der Waals surface area contributed by atoms with E-state index in [2.05, 4.69) is 216 Å². The number of hydrogen-bond acceptors (Lipinski definition) is 1. The molecule has 0 radical (unpaired) electrons. The summed E-state index contributed by atoms with van der Waals surface area (Å²) in [7, 11) is 0. The Morgan fingerprint density at radius 3 is 0.961 bits per heavy atom. The van der Waals surface area contributed by atoms with Crippen LogP contribution in [0.4, 0.5) is 13.2 Å². The molecular weight excluding hydrogens is 940 g/mol. The summed E-state index contributed by atoms with van der Waals surface area (Å²) < 4.78 is 51.6. The maximum atomic E-state index is 15.8. The van der Waals surface area contributed by atoms with Crippen LogP contribution in [-0.4, -0.2) is 9.13 Å². The van der Waals surface area contributed by atoms with E-state index in [1.807, 2.05) is 0 Å². The van der Waals surface area contributed by atoms with Gasteiger partial charge in [-0.25, -0.2) is 0 Å². The average molecular weight is 994 g/mol. The molecule has 3 nitrogen and oxygen atoms in total. The first-order chi connectivity index (χ1) is 36.5. The minimum Gasteiger partial charge on any atom is -0.308 e. The van der Waals surface area contributed by atoms with E-state index < -0.39 is 11.7 Å². The van der Waals surface area contributed by atoms with Gasteiger partial charge in [0, 0.05) is 27.1 Å². The lowest BCUT2D eigenvalue weighted by Crippen LogP contribution is -2.11. The van der Waals surface area contributed by atoms with E-state index in [1.54, 1.807) is 24.3 Å². The molecule has 0 N–H and O–H groups in total. The molecule has 2 heterocycles. The predicted molar refractivity (Wildman–Crippen MR) is 310 cm³/mol. The number of aromatic nitrogens is 2. The molecule has 0 spiro atoms. The van der Waals surface area contributed by atoms with Crippen LogP contribution in [0.15, 0.2) is 182 Å². The quantitative estimate of drug-likeness (QED) is 0.157. The molecule has 76 heavy (non-hydrogen) atoms. The lowest BCUT2D eigenvalue weighted by molar-refractivity contribution is -0.137. The van der Waals surface area contributed by atoms with Crippen molar-refractivity contribution in [3.8, 4) is 73.1 Å². The monoisotopic (exact) mass is 993 g/mol. The molecule has 0 saturated carbocycles. The van der Waals surface area contributed by atoms with E-state index in [4.69, 9.17) is 0 Å². The van der Waals surface area contributed by atoms with Gasteiger partial charge in [-0.05, 0) is 194 Å². The third kappa shape index (κ3) is 8.06. The largest absolute Gasteiger partial charge is 0.417 e. The lowest BCUT2D eigenvalue weighted by atomic mass is 9.93. The Balaban J connectivity index is 1.22. The summed E-state index contributed by atoms with van der Waals surface area (Å²) >= 11 is 0. The summed E-state index contributed by atoms with van der Waals surface area (Å²) in [6.07, 6.45) is -4.72. The Labute approximate surface area is 441 Å². The van der Waals surface area contributed by atoms with E-state index >= 15 is 13.2 Å². The summed E-state index contributed by atoms with van der Waals surface area (Å²) in [4.78, 5) is 0. The Hall–Kier alpha value is -8.92. The molecule has 0 saturated heterocycles. The van der Waals surface area contributed by atoms with Gasteiger partial charge < -0.3 is 9.13 Å². The van der Waals surface area contributed by atoms with Gasteiger partial charge in [0.15, 0.2) is 0 Å². The Bertz CT molecular complexity index is 3980. The van der Waals surface area contributed by atoms with Crippen LogP contribution in [0.25, 0.3) is 111 Å². The van der Waals surface area contributed by atoms with Gasteiger partial charge in [0.1, 0.15) is 0 Å². The Morgan fingerprint density at radius 2 is 0.671 bits per heavy atom. The third-order valence-electron chi connectivity index (χ3n) is 15.5. The van der Waals surface area contributed by atoms with Crippen LogP contribution in [0.5, 0.6) is 0 Å². The van der Waals surface area contributed by atoms with Crippen molar-refractivity contribution in [3.05, 3.63) is 238 Å². The third-order valence-corrected chi connectivity index (χ3v) is 15.5. The van der Waals surface area contributed by atoms with Crippen molar-refractivity contribution < 1.29 is 13.2 Å². The SMILES string of the molecule is Cc1ccc(-c2ccc3c(c2)c2cc(-c4ccc(C)cc4C)ccc2n3-c2cc(C#N)cc(-n3c4ccc(-c5ccc(C)cc5C)cc4c4cc(-c5ccc(C)cc5C)ccc43)c2-c2ccccc2C(F)(F)F)c(C)c1. The standard InChI is InChI=1S/C70H54F3N3/c1-40-13-21-53(44(5)29-40)49-17-25-63-58(35-49)59-36-50(54-22-14-41(2)30-45(54)6)18-26-64(59)75(63)67-33-48(39-74)34-68(69(67)57-11-9-10-12-62(57)70(71,72)73)76-65-27-19-51(55-23-15-42(3)31-46(55)7)37-60(65)61-38-52(20-28-66(61)76)56-24-16-43(4)32-47(56)8/h9-38H,1-8H3. The summed E-state index contributed by atoms with van der Waals surface area (Å²) in [5, 5.41) is 14.9. The molecule has 0 fully saturated rings. The molecule has 0 aliphatic rings. The van der Waals surface area contributed by atoms with E-state index in [1.165, 1.54) is 28.3 Å². The highest BCUT2D eigenvalue weighted by molar-refractivity contribution is 6.14. The second-order valence-electron chi connectivity index (χ2n) is 20.9. The number of aryl methyl sites for hydroxylation is 8. The zero-order chi connectivity index (χ0) is 52.9. The molecule has 0 bridgehead atoms. The number of hydrogen-bond donors (Lipinski definition) is 0. The summed E-state index contributed by atoms with van der Waals surface area (Å²) in [6.45, 7) is 16.8. The molecule has 0 atom stereocenters. The molecule has 6 heteroatoms. The highest BCUT2D eigenvalue weighted by Crippen LogP contribution is 2.48. The zero-order valence-electron chi connectivity index (χ0n) is 43.8. The maximum absolute atomic E-state index is 15.8. The van der Waals surface area contributed by atoms with Crippen LogP contribution in [0.2, 0.25) is 0 Å². The van der Waals surface area contributed by atoms with Crippen LogP contribution >= 0.6 is 0 Å². The highest BCUT2D eigenvalue weighted by atomic mass is 19.4.